The Morgan fingerprint density at radius 2 is 2.33 bits per heavy atom. The summed E-state index contributed by atoms with van der Waals surface area (Å²) < 4.78 is 4.60. The molecule has 1 atom stereocenters. The van der Waals surface area contributed by atoms with Crippen LogP contribution in [-0.2, 0) is 4.74 Å². The van der Waals surface area contributed by atoms with Gasteiger partial charge in [-0.25, -0.2) is 4.79 Å². The maximum Gasteiger partial charge on any atom is 0.407 e. The van der Waals surface area contributed by atoms with E-state index in [4.69, 9.17) is 5.73 Å². The van der Waals surface area contributed by atoms with Crippen LogP contribution in [0.4, 0.5) is 16.2 Å². The van der Waals surface area contributed by atoms with Gasteiger partial charge in [0.2, 0.25) is 0 Å². The fraction of sp³-hybridized carbons (Fsp3) is 0.462. The lowest BCUT2D eigenvalue weighted by molar-refractivity contribution is 0.167. The summed E-state index contributed by atoms with van der Waals surface area (Å²) in [5.74, 6) is 0. The molecular weight excluding hydrogens is 230 g/mol. The van der Waals surface area contributed by atoms with Crippen LogP contribution in [0.5, 0.6) is 0 Å². The third kappa shape index (κ3) is 2.67. The standard InChI is InChI=1S/C13H19N3O2/c1-9-3-4-12(11(14)7-9)16-6-5-10(8-16)15-13(17)18-2/h3-4,7,10H,5-6,8,14H2,1-2H3,(H,15,17). The topological polar surface area (TPSA) is 67.6 Å². The Balaban J connectivity index is 2.02. The number of anilines is 2. The highest BCUT2D eigenvalue weighted by Crippen LogP contribution is 2.27. The number of nitrogens with one attached hydrogen (secondary N) is 1. The van der Waals surface area contributed by atoms with E-state index in [0.29, 0.717) is 0 Å². The maximum atomic E-state index is 11.1. The van der Waals surface area contributed by atoms with Crippen LogP contribution < -0.4 is 16.0 Å². The van der Waals surface area contributed by atoms with Gasteiger partial charge >= 0.3 is 6.09 Å². The minimum absolute atomic E-state index is 0.123. The molecule has 1 saturated heterocycles. The van der Waals surface area contributed by atoms with Crippen LogP contribution in [0.1, 0.15) is 12.0 Å². The number of ether oxygens (including phenoxy) is 1. The summed E-state index contributed by atoms with van der Waals surface area (Å²) in [5, 5.41) is 2.82. The van der Waals surface area contributed by atoms with Crippen LogP contribution in [0.25, 0.3) is 0 Å². The van der Waals surface area contributed by atoms with Gasteiger partial charge in [-0.1, -0.05) is 6.07 Å². The van der Waals surface area contributed by atoms with Crippen molar-refractivity contribution in [2.75, 3.05) is 30.8 Å². The molecule has 0 spiro atoms. The van der Waals surface area contributed by atoms with Gasteiger partial charge in [-0.3, -0.25) is 0 Å². The van der Waals surface area contributed by atoms with Gasteiger partial charge in [0.05, 0.1) is 24.5 Å². The van der Waals surface area contributed by atoms with Crippen molar-refractivity contribution in [2.45, 2.75) is 19.4 Å². The summed E-state index contributed by atoms with van der Waals surface area (Å²) in [6.45, 7) is 3.68. The molecule has 1 aromatic rings. The molecule has 1 aliphatic heterocycles. The maximum absolute atomic E-state index is 11.1. The lowest BCUT2D eigenvalue weighted by Crippen LogP contribution is -2.37. The van der Waals surface area contributed by atoms with Crippen molar-refractivity contribution in [1.29, 1.82) is 0 Å². The first kappa shape index (κ1) is 12.5. The number of benzene rings is 1. The van der Waals surface area contributed by atoms with Crippen LogP contribution in [0.15, 0.2) is 18.2 Å². The Morgan fingerprint density at radius 3 is 3.00 bits per heavy atom. The van der Waals surface area contributed by atoms with Crippen LogP contribution in [-0.4, -0.2) is 32.3 Å². The first-order valence-electron chi connectivity index (χ1n) is 6.05. The number of rotatable bonds is 2. The van der Waals surface area contributed by atoms with E-state index in [1.807, 2.05) is 25.1 Å². The van der Waals surface area contributed by atoms with E-state index >= 15 is 0 Å². The number of amides is 1. The molecule has 5 nitrogen and oxygen atoms in total. The average molecular weight is 249 g/mol. The van der Waals surface area contributed by atoms with Gasteiger partial charge in [-0.2, -0.15) is 0 Å². The van der Waals surface area contributed by atoms with E-state index in [-0.39, 0.29) is 12.1 Å². The second-order valence-electron chi connectivity index (χ2n) is 4.63. The zero-order valence-electron chi connectivity index (χ0n) is 10.8. The Hall–Kier alpha value is -1.91. The minimum atomic E-state index is -0.376. The molecule has 1 heterocycles. The fourth-order valence-corrected chi connectivity index (χ4v) is 2.28. The number of nitrogens with zero attached hydrogens (tertiary/aromatic N) is 1. The van der Waals surface area contributed by atoms with Gasteiger partial charge in [0, 0.05) is 13.1 Å². The van der Waals surface area contributed by atoms with Crippen LogP contribution in [0, 0.1) is 6.92 Å². The second-order valence-corrected chi connectivity index (χ2v) is 4.63. The van der Waals surface area contributed by atoms with Crippen molar-refractivity contribution < 1.29 is 9.53 Å². The number of nitrogens with two attached hydrogens (primary N) is 1. The molecule has 1 aliphatic rings. The van der Waals surface area contributed by atoms with E-state index < -0.39 is 0 Å². The van der Waals surface area contributed by atoms with E-state index in [9.17, 15) is 4.79 Å². The van der Waals surface area contributed by atoms with Gasteiger partial charge in [-0.05, 0) is 31.0 Å². The normalized spacial score (nSPS) is 18.8. The van der Waals surface area contributed by atoms with Crippen LogP contribution in [0.2, 0.25) is 0 Å². The lowest BCUT2D eigenvalue weighted by Gasteiger charge is -2.21. The van der Waals surface area contributed by atoms with Crippen LogP contribution in [0.3, 0.4) is 0 Å². The molecule has 1 aromatic carbocycles. The molecule has 5 heteroatoms. The largest absolute Gasteiger partial charge is 0.453 e. The van der Waals surface area contributed by atoms with E-state index in [1.165, 1.54) is 7.11 Å². The predicted octanol–water partition coefficient (Wildman–Crippen LogP) is 1.51. The molecule has 0 aliphatic carbocycles. The first-order valence-corrected chi connectivity index (χ1v) is 6.05. The van der Waals surface area contributed by atoms with Crippen molar-refractivity contribution in [1.82, 2.24) is 5.32 Å². The molecule has 0 radical (unpaired) electrons. The first-order chi connectivity index (χ1) is 8.60. The highest BCUT2D eigenvalue weighted by molar-refractivity contribution is 5.70. The molecule has 2 rings (SSSR count). The van der Waals surface area contributed by atoms with Crippen molar-refractivity contribution >= 4 is 17.5 Å². The number of alkyl carbamates (subject to hydrolysis) is 1. The third-order valence-electron chi connectivity index (χ3n) is 3.22. The Bertz CT molecular complexity index is 448. The number of hydrogen-bond acceptors (Lipinski definition) is 4. The third-order valence-corrected chi connectivity index (χ3v) is 3.22. The molecule has 1 amide bonds. The monoisotopic (exact) mass is 249 g/mol. The SMILES string of the molecule is COC(=O)NC1CCN(c2ccc(C)cc2N)C1. The van der Waals surface area contributed by atoms with Gasteiger partial charge in [0.15, 0.2) is 0 Å². The van der Waals surface area contributed by atoms with Crippen molar-refractivity contribution in [3.63, 3.8) is 0 Å². The summed E-state index contributed by atoms with van der Waals surface area (Å²) in [6, 6.07) is 6.17. The van der Waals surface area contributed by atoms with Crippen LogP contribution >= 0.6 is 0 Å². The number of methoxy groups -OCH3 is 1. The summed E-state index contributed by atoms with van der Waals surface area (Å²) in [5.41, 5.74) is 9.00. The van der Waals surface area contributed by atoms with Gasteiger partial charge in [0.1, 0.15) is 0 Å². The van der Waals surface area contributed by atoms with E-state index in [0.717, 1.165) is 36.4 Å². The highest BCUT2D eigenvalue weighted by atomic mass is 16.5. The molecule has 98 valence electrons. The van der Waals surface area contributed by atoms with Gasteiger partial charge in [-0.15, -0.1) is 0 Å². The molecule has 3 N–H and O–H groups in total. The lowest BCUT2D eigenvalue weighted by atomic mass is 10.2. The molecule has 18 heavy (non-hydrogen) atoms. The summed E-state index contributed by atoms with van der Waals surface area (Å²) in [7, 11) is 1.38. The molecule has 1 unspecified atom stereocenters. The van der Waals surface area contributed by atoms with E-state index in [1.54, 1.807) is 0 Å². The zero-order valence-corrected chi connectivity index (χ0v) is 10.8. The molecule has 0 saturated carbocycles. The van der Waals surface area contributed by atoms with Crippen molar-refractivity contribution in [3.05, 3.63) is 23.8 Å². The minimum Gasteiger partial charge on any atom is -0.453 e. The average Bonchev–Trinajstić information content (AvgIpc) is 2.77. The van der Waals surface area contributed by atoms with Gasteiger partial charge < -0.3 is 20.7 Å². The number of aryl methyl sites for hydroxylation is 1. The smallest absolute Gasteiger partial charge is 0.407 e. The molecule has 0 aromatic heterocycles. The fourth-order valence-electron chi connectivity index (χ4n) is 2.28. The number of carbonyl (C=O) groups is 1. The Labute approximate surface area is 107 Å². The molecule has 1 fully saturated rings. The Kier molecular flexibility index (Phi) is 3.60. The number of hydrogen-bond donors (Lipinski definition) is 2. The molecular formula is C13H19N3O2. The Morgan fingerprint density at radius 1 is 1.56 bits per heavy atom. The predicted molar refractivity (Wildman–Crippen MR) is 71.8 cm³/mol. The quantitative estimate of drug-likeness (QED) is 0.780. The summed E-state index contributed by atoms with van der Waals surface area (Å²) in [4.78, 5) is 13.3. The van der Waals surface area contributed by atoms with Crippen molar-refractivity contribution in [2.24, 2.45) is 0 Å². The summed E-state index contributed by atoms with van der Waals surface area (Å²) >= 11 is 0. The molecule has 0 bridgehead atoms. The second kappa shape index (κ2) is 5.16. The highest BCUT2D eigenvalue weighted by Gasteiger charge is 2.25. The van der Waals surface area contributed by atoms with Gasteiger partial charge in [0.25, 0.3) is 0 Å². The number of nitrogen functional groups attached to an aromatic ring is 1. The zero-order chi connectivity index (χ0) is 13.1. The van der Waals surface area contributed by atoms with Crippen molar-refractivity contribution in [3.8, 4) is 0 Å². The number of carbonyl (C=O) groups excluding carboxylic acids is 1. The summed E-state index contributed by atoms with van der Waals surface area (Å²) in [6.07, 6.45) is 0.529. The van der Waals surface area contributed by atoms with E-state index in [2.05, 4.69) is 15.0 Å².